The van der Waals surface area contributed by atoms with E-state index in [0.29, 0.717) is 26.1 Å². The Morgan fingerprint density at radius 2 is 2.13 bits per heavy atom. The molecule has 2 rings (SSSR count). The van der Waals surface area contributed by atoms with Crippen molar-refractivity contribution < 1.29 is 14.3 Å². The van der Waals surface area contributed by atoms with E-state index in [1.165, 1.54) is 12.8 Å². The molecule has 1 heterocycles. The lowest BCUT2D eigenvalue weighted by Crippen LogP contribution is -2.40. The van der Waals surface area contributed by atoms with E-state index in [2.05, 4.69) is 0 Å². The maximum Gasteiger partial charge on any atom is 0.230 e. The van der Waals surface area contributed by atoms with E-state index in [-0.39, 0.29) is 18.1 Å². The molecule has 84 valence electrons. The first kappa shape index (κ1) is 10.6. The largest absolute Gasteiger partial charge is 0.379 e. The molecular formula is C11H17NO3. The highest BCUT2D eigenvalue weighted by Gasteiger charge is 2.24. The molecule has 0 N–H and O–H groups in total. The molecule has 0 radical (unpaired) electrons. The van der Waals surface area contributed by atoms with Gasteiger partial charge in [-0.2, -0.15) is 0 Å². The molecule has 1 saturated heterocycles. The van der Waals surface area contributed by atoms with Gasteiger partial charge in [0.1, 0.15) is 5.78 Å². The average Bonchev–Trinajstić information content (AvgIpc) is 2.99. The van der Waals surface area contributed by atoms with Crippen LogP contribution in [0.4, 0.5) is 0 Å². The summed E-state index contributed by atoms with van der Waals surface area (Å²) in [4.78, 5) is 24.1. The molecule has 1 aliphatic heterocycles. The van der Waals surface area contributed by atoms with Crippen molar-refractivity contribution in [1.82, 2.24) is 4.90 Å². The zero-order valence-electron chi connectivity index (χ0n) is 8.91. The molecule has 4 nitrogen and oxygen atoms in total. The number of hydrogen-bond acceptors (Lipinski definition) is 3. The summed E-state index contributed by atoms with van der Waals surface area (Å²) >= 11 is 0. The van der Waals surface area contributed by atoms with Crippen molar-refractivity contribution in [3.8, 4) is 0 Å². The molecule has 0 bridgehead atoms. The van der Waals surface area contributed by atoms with Gasteiger partial charge in [0, 0.05) is 26.1 Å². The molecule has 0 spiro atoms. The Morgan fingerprint density at radius 3 is 2.80 bits per heavy atom. The Kier molecular flexibility index (Phi) is 3.36. The number of piperidine rings is 1. The maximum absolute atomic E-state index is 11.4. The van der Waals surface area contributed by atoms with Crippen molar-refractivity contribution >= 4 is 11.7 Å². The number of amides is 1. The van der Waals surface area contributed by atoms with Crippen molar-refractivity contribution in [3.63, 3.8) is 0 Å². The van der Waals surface area contributed by atoms with Gasteiger partial charge in [-0.3, -0.25) is 9.59 Å². The Bertz CT molecular complexity index is 261. The summed E-state index contributed by atoms with van der Waals surface area (Å²) in [6, 6.07) is 0. The number of carbonyl (C=O) groups is 2. The van der Waals surface area contributed by atoms with E-state index in [0.717, 1.165) is 12.5 Å². The average molecular weight is 211 g/mol. The van der Waals surface area contributed by atoms with Gasteiger partial charge in [0.2, 0.25) is 5.91 Å². The summed E-state index contributed by atoms with van der Waals surface area (Å²) < 4.78 is 5.46. The monoisotopic (exact) mass is 211 g/mol. The predicted molar refractivity (Wildman–Crippen MR) is 54.4 cm³/mol. The SMILES string of the molecule is O=C1CCN(CCOCC2CC2)C(=O)C1. The summed E-state index contributed by atoms with van der Waals surface area (Å²) in [5.41, 5.74) is 0. The summed E-state index contributed by atoms with van der Waals surface area (Å²) in [6.07, 6.45) is 3.17. The predicted octanol–water partition coefficient (Wildman–Crippen LogP) is 0.605. The van der Waals surface area contributed by atoms with Gasteiger partial charge >= 0.3 is 0 Å². The van der Waals surface area contributed by atoms with Crippen LogP contribution in [0.3, 0.4) is 0 Å². The highest BCUT2D eigenvalue weighted by molar-refractivity contribution is 6.00. The van der Waals surface area contributed by atoms with Crippen LogP contribution in [0.1, 0.15) is 25.7 Å². The second-order valence-corrected chi connectivity index (χ2v) is 4.36. The third-order valence-electron chi connectivity index (χ3n) is 2.92. The minimum atomic E-state index is -0.0405. The van der Waals surface area contributed by atoms with E-state index in [1.54, 1.807) is 4.90 Å². The number of ketones is 1. The molecule has 0 aromatic heterocycles. The van der Waals surface area contributed by atoms with E-state index in [4.69, 9.17) is 4.74 Å². The number of Topliss-reactive ketones (excluding diaryl/α,β-unsaturated/α-hetero) is 1. The van der Waals surface area contributed by atoms with E-state index in [1.807, 2.05) is 0 Å². The zero-order chi connectivity index (χ0) is 10.7. The highest BCUT2D eigenvalue weighted by atomic mass is 16.5. The van der Waals surface area contributed by atoms with E-state index >= 15 is 0 Å². The first-order valence-electron chi connectivity index (χ1n) is 5.63. The van der Waals surface area contributed by atoms with Gasteiger partial charge < -0.3 is 9.64 Å². The van der Waals surface area contributed by atoms with Crippen LogP contribution in [0.5, 0.6) is 0 Å². The molecule has 2 aliphatic rings. The van der Waals surface area contributed by atoms with Crippen LogP contribution in [0.25, 0.3) is 0 Å². The first-order chi connectivity index (χ1) is 7.25. The van der Waals surface area contributed by atoms with Crippen molar-refractivity contribution in [3.05, 3.63) is 0 Å². The van der Waals surface area contributed by atoms with Gasteiger partial charge in [-0.05, 0) is 18.8 Å². The first-order valence-corrected chi connectivity index (χ1v) is 5.63. The van der Waals surface area contributed by atoms with Crippen molar-refractivity contribution in [1.29, 1.82) is 0 Å². The molecule has 0 atom stereocenters. The quantitative estimate of drug-likeness (QED) is 0.494. The summed E-state index contributed by atoms with van der Waals surface area (Å²) in [5, 5.41) is 0. The Balaban J connectivity index is 1.60. The lowest BCUT2D eigenvalue weighted by molar-refractivity contribution is -0.140. The van der Waals surface area contributed by atoms with E-state index in [9.17, 15) is 9.59 Å². The van der Waals surface area contributed by atoms with Gasteiger partial charge in [-0.25, -0.2) is 0 Å². The van der Waals surface area contributed by atoms with Crippen molar-refractivity contribution in [2.75, 3.05) is 26.3 Å². The molecular weight excluding hydrogens is 194 g/mol. The molecule has 0 unspecified atom stereocenters. The van der Waals surface area contributed by atoms with Crippen molar-refractivity contribution in [2.24, 2.45) is 5.92 Å². The zero-order valence-corrected chi connectivity index (χ0v) is 8.91. The van der Waals surface area contributed by atoms with Crippen LogP contribution in [-0.2, 0) is 14.3 Å². The van der Waals surface area contributed by atoms with E-state index < -0.39 is 0 Å². The fourth-order valence-electron chi connectivity index (χ4n) is 1.70. The minimum Gasteiger partial charge on any atom is -0.379 e. The standard InChI is InChI=1S/C11H17NO3/c13-10-3-4-12(11(14)7-10)5-6-15-8-9-1-2-9/h9H,1-8H2. The summed E-state index contributed by atoms with van der Waals surface area (Å²) in [7, 11) is 0. The molecule has 4 heteroatoms. The van der Waals surface area contributed by atoms with Gasteiger partial charge in [-0.15, -0.1) is 0 Å². The molecule has 0 aromatic rings. The lowest BCUT2D eigenvalue weighted by Gasteiger charge is -2.25. The molecule has 1 aliphatic carbocycles. The summed E-state index contributed by atoms with van der Waals surface area (Å²) in [6.45, 7) is 2.65. The Hall–Kier alpha value is -0.900. The maximum atomic E-state index is 11.4. The van der Waals surface area contributed by atoms with Crippen LogP contribution >= 0.6 is 0 Å². The van der Waals surface area contributed by atoms with Crippen LogP contribution < -0.4 is 0 Å². The van der Waals surface area contributed by atoms with Gasteiger partial charge in [-0.1, -0.05) is 0 Å². The number of likely N-dealkylation sites (tertiary alicyclic amines) is 1. The fraction of sp³-hybridized carbons (Fsp3) is 0.818. The molecule has 1 amide bonds. The molecule has 0 aromatic carbocycles. The van der Waals surface area contributed by atoms with Crippen LogP contribution in [0.15, 0.2) is 0 Å². The lowest BCUT2D eigenvalue weighted by atomic mass is 10.1. The van der Waals surface area contributed by atoms with Gasteiger partial charge in [0.15, 0.2) is 0 Å². The van der Waals surface area contributed by atoms with Crippen LogP contribution in [-0.4, -0.2) is 42.9 Å². The second-order valence-electron chi connectivity index (χ2n) is 4.36. The third kappa shape index (κ3) is 3.30. The topological polar surface area (TPSA) is 46.6 Å². The molecule has 1 saturated carbocycles. The third-order valence-corrected chi connectivity index (χ3v) is 2.92. The highest BCUT2D eigenvalue weighted by Crippen LogP contribution is 2.28. The number of rotatable bonds is 5. The second kappa shape index (κ2) is 4.75. The Labute approximate surface area is 89.6 Å². The van der Waals surface area contributed by atoms with Crippen molar-refractivity contribution in [2.45, 2.75) is 25.7 Å². The normalized spacial score (nSPS) is 22.3. The van der Waals surface area contributed by atoms with Gasteiger partial charge in [0.05, 0.1) is 13.0 Å². The molecule has 2 fully saturated rings. The number of ether oxygens (including phenoxy) is 1. The smallest absolute Gasteiger partial charge is 0.230 e. The number of carbonyl (C=O) groups excluding carboxylic acids is 2. The fourth-order valence-corrected chi connectivity index (χ4v) is 1.70. The Morgan fingerprint density at radius 1 is 1.33 bits per heavy atom. The summed E-state index contributed by atoms with van der Waals surface area (Å²) in [5.74, 6) is 0.792. The number of nitrogens with zero attached hydrogens (tertiary/aromatic N) is 1. The van der Waals surface area contributed by atoms with Crippen LogP contribution in [0, 0.1) is 5.92 Å². The minimum absolute atomic E-state index is 0.0405. The van der Waals surface area contributed by atoms with Gasteiger partial charge in [0.25, 0.3) is 0 Å². The number of hydrogen-bond donors (Lipinski definition) is 0. The molecule has 15 heavy (non-hydrogen) atoms. The van der Waals surface area contributed by atoms with Crippen LogP contribution in [0.2, 0.25) is 0 Å².